The first-order valence-electron chi connectivity index (χ1n) is 5.87. The summed E-state index contributed by atoms with van der Waals surface area (Å²) in [6, 6.07) is 5.73. The molecule has 1 aromatic rings. The first-order valence-corrected chi connectivity index (χ1v) is 6.24. The Kier molecular flexibility index (Phi) is 5.45. The molecule has 1 saturated heterocycles. The van der Waals surface area contributed by atoms with Crippen LogP contribution in [-0.4, -0.2) is 36.5 Å². The lowest BCUT2D eigenvalue weighted by atomic mass is 10.1. The number of carbonyl (C=O) groups is 1. The summed E-state index contributed by atoms with van der Waals surface area (Å²) in [6.07, 6.45) is 0. The van der Waals surface area contributed by atoms with Gasteiger partial charge in [-0.1, -0.05) is 11.6 Å². The number of hydrogen-bond acceptors (Lipinski definition) is 2. The largest absolute Gasteiger partial charge is 0.333 e. The van der Waals surface area contributed by atoms with E-state index in [0.717, 1.165) is 25.2 Å². The molecule has 0 saturated carbocycles. The Balaban J connectivity index is 0.00000162. The van der Waals surface area contributed by atoms with Crippen LogP contribution in [0.2, 0.25) is 5.02 Å². The Morgan fingerprint density at radius 2 is 2.17 bits per heavy atom. The van der Waals surface area contributed by atoms with E-state index in [2.05, 4.69) is 12.2 Å². The van der Waals surface area contributed by atoms with Crippen LogP contribution in [0.25, 0.3) is 0 Å². The van der Waals surface area contributed by atoms with Crippen molar-refractivity contribution in [3.8, 4) is 0 Å². The van der Waals surface area contributed by atoms with Crippen LogP contribution in [0.5, 0.6) is 0 Å². The SMILES string of the molecule is Cc1cc(Cl)cc(C(=O)N2CCNC[C@H]2C)c1.Cl. The zero-order valence-electron chi connectivity index (χ0n) is 10.6. The van der Waals surface area contributed by atoms with Gasteiger partial charge in [0, 0.05) is 36.3 Å². The lowest BCUT2D eigenvalue weighted by Gasteiger charge is -2.34. The van der Waals surface area contributed by atoms with Gasteiger partial charge in [0.25, 0.3) is 5.91 Å². The van der Waals surface area contributed by atoms with Gasteiger partial charge >= 0.3 is 0 Å². The van der Waals surface area contributed by atoms with Gasteiger partial charge in [-0.2, -0.15) is 0 Å². The van der Waals surface area contributed by atoms with Gasteiger partial charge in [0.05, 0.1) is 0 Å². The number of nitrogens with zero attached hydrogens (tertiary/aromatic N) is 1. The number of rotatable bonds is 1. The maximum Gasteiger partial charge on any atom is 0.254 e. The topological polar surface area (TPSA) is 32.3 Å². The molecule has 3 nitrogen and oxygen atoms in total. The van der Waals surface area contributed by atoms with Crippen LogP contribution >= 0.6 is 24.0 Å². The normalized spacial score (nSPS) is 19.3. The van der Waals surface area contributed by atoms with Gasteiger partial charge in [-0.15, -0.1) is 12.4 Å². The molecule has 1 N–H and O–H groups in total. The minimum Gasteiger partial charge on any atom is -0.333 e. The van der Waals surface area contributed by atoms with Crippen LogP contribution < -0.4 is 5.32 Å². The predicted molar refractivity (Wildman–Crippen MR) is 76.8 cm³/mol. The van der Waals surface area contributed by atoms with Crippen molar-refractivity contribution in [1.82, 2.24) is 10.2 Å². The van der Waals surface area contributed by atoms with Gasteiger partial charge < -0.3 is 10.2 Å². The molecule has 1 aliphatic heterocycles. The van der Waals surface area contributed by atoms with E-state index in [1.54, 1.807) is 6.07 Å². The minimum absolute atomic E-state index is 0. The minimum atomic E-state index is 0. The number of hydrogen-bond donors (Lipinski definition) is 1. The van der Waals surface area contributed by atoms with Crippen molar-refractivity contribution in [2.75, 3.05) is 19.6 Å². The molecule has 1 aliphatic rings. The van der Waals surface area contributed by atoms with Crippen molar-refractivity contribution >= 4 is 29.9 Å². The average molecular weight is 289 g/mol. The van der Waals surface area contributed by atoms with Crippen molar-refractivity contribution in [3.05, 3.63) is 34.3 Å². The molecule has 100 valence electrons. The van der Waals surface area contributed by atoms with Crippen LogP contribution in [0.3, 0.4) is 0 Å². The molecule has 5 heteroatoms. The van der Waals surface area contributed by atoms with Gasteiger partial charge in [-0.3, -0.25) is 4.79 Å². The van der Waals surface area contributed by atoms with Gasteiger partial charge in [0.15, 0.2) is 0 Å². The van der Waals surface area contributed by atoms with Crippen molar-refractivity contribution in [2.45, 2.75) is 19.9 Å². The Morgan fingerprint density at radius 1 is 1.44 bits per heavy atom. The highest BCUT2D eigenvalue weighted by Crippen LogP contribution is 2.17. The molecule has 2 rings (SSSR count). The van der Waals surface area contributed by atoms with Gasteiger partial charge in [0.2, 0.25) is 0 Å². The number of piperazine rings is 1. The zero-order chi connectivity index (χ0) is 12.4. The smallest absolute Gasteiger partial charge is 0.254 e. The molecule has 1 heterocycles. The maximum atomic E-state index is 12.4. The Bertz CT molecular complexity index is 417. The highest BCUT2D eigenvalue weighted by Gasteiger charge is 2.24. The Labute approximate surface area is 119 Å². The summed E-state index contributed by atoms with van der Waals surface area (Å²) in [6.45, 7) is 6.47. The summed E-state index contributed by atoms with van der Waals surface area (Å²) in [5.41, 5.74) is 1.70. The van der Waals surface area contributed by atoms with E-state index < -0.39 is 0 Å². The zero-order valence-corrected chi connectivity index (χ0v) is 12.1. The molecule has 0 radical (unpaired) electrons. The van der Waals surface area contributed by atoms with Crippen molar-refractivity contribution in [2.24, 2.45) is 0 Å². The number of halogens is 2. The van der Waals surface area contributed by atoms with Gasteiger partial charge in [-0.05, 0) is 37.6 Å². The van der Waals surface area contributed by atoms with E-state index in [-0.39, 0.29) is 24.4 Å². The van der Waals surface area contributed by atoms with Crippen LogP contribution in [0.4, 0.5) is 0 Å². The van der Waals surface area contributed by atoms with Crippen LogP contribution in [-0.2, 0) is 0 Å². The third-order valence-corrected chi connectivity index (χ3v) is 3.27. The van der Waals surface area contributed by atoms with E-state index in [9.17, 15) is 4.79 Å². The first kappa shape index (κ1) is 15.3. The summed E-state index contributed by atoms with van der Waals surface area (Å²) >= 11 is 5.99. The molecular weight excluding hydrogens is 271 g/mol. The molecule has 0 aliphatic carbocycles. The molecule has 1 aromatic carbocycles. The second-order valence-electron chi connectivity index (χ2n) is 4.57. The maximum absolute atomic E-state index is 12.4. The molecule has 0 bridgehead atoms. The third kappa shape index (κ3) is 3.37. The fraction of sp³-hybridized carbons (Fsp3) is 0.462. The molecule has 0 spiro atoms. The van der Waals surface area contributed by atoms with E-state index in [1.165, 1.54) is 0 Å². The van der Waals surface area contributed by atoms with E-state index in [1.807, 2.05) is 24.0 Å². The summed E-state index contributed by atoms with van der Waals surface area (Å²) in [4.78, 5) is 14.3. The molecule has 1 amide bonds. The average Bonchev–Trinajstić information content (AvgIpc) is 2.27. The van der Waals surface area contributed by atoms with E-state index in [4.69, 9.17) is 11.6 Å². The van der Waals surface area contributed by atoms with Crippen LogP contribution in [0.1, 0.15) is 22.8 Å². The number of carbonyl (C=O) groups excluding carboxylic acids is 1. The Hall–Kier alpha value is -0.770. The van der Waals surface area contributed by atoms with Crippen molar-refractivity contribution in [3.63, 3.8) is 0 Å². The standard InChI is InChI=1S/C13H17ClN2O.ClH/c1-9-5-11(7-12(14)6-9)13(17)16-4-3-15-8-10(16)2;/h5-7,10,15H,3-4,8H2,1-2H3;1H/t10-;/m1./s1. The van der Waals surface area contributed by atoms with Crippen molar-refractivity contribution in [1.29, 1.82) is 0 Å². The first-order chi connectivity index (χ1) is 8.08. The van der Waals surface area contributed by atoms with Crippen molar-refractivity contribution < 1.29 is 4.79 Å². The molecule has 1 atom stereocenters. The molecular formula is C13H18Cl2N2O. The third-order valence-electron chi connectivity index (χ3n) is 3.05. The number of benzene rings is 1. The second-order valence-corrected chi connectivity index (χ2v) is 5.01. The van der Waals surface area contributed by atoms with Crippen LogP contribution in [0, 0.1) is 6.92 Å². The molecule has 18 heavy (non-hydrogen) atoms. The van der Waals surface area contributed by atoms with Crippen LogP contribution in [0.15, 0.2) is 18.2 Å². The fourth-order valence-electron chi connectivity index (χ4n) is 2.17. The van der Waals surface area contributed by atoms with Gasteiger partial charge in [0.1, 0.15) is 0 Å². The lowest BCUT2D eigenvalue weighted by Crippen LogP contribution is -2.52. The molecule has 0 unspecified atom stereocenters. The molecule has 0 aromatic heterocycles. The fourth-order valence-corrected chi connectivity index (χ4v) is 2.46. The summed E-state index contributed by atoms with van der Waals surface area (Å²) < 4.78 is 0. The summed E-state index contributed by atoms with van der Waals surface area (Å²) in [5, 5.41) is 3.90. The second kappa shape index (κ2) is 6.41. The highest BCUT2D eigenvalue weighted by atomic mass is 35.5. The summed E-state index contributed by atoms with van der Waals surface area (Å²) in [5.74, 6) is 0.0737. The van der Waals surface area contributed by atoms with E-state index in [0.29, 0.717) is 10.6 Å². The predicted octanol–water partition coefficient (Wildman–Crippen LogP) is 2.50. The number of nitrogens with one attached hydrogen (secondary N) is 1. The molecule has 1 fully saturated rings. The number of aryl methyl sites for hydroxylation is 1. The highest BCUT2D eigenvalue weighted by molar-refractivity contribution is 6.31. The Morgan fingerprint density at radius 3 is 2.78 bits per heavy atom. The van der Waals surface area contributed by atoms with Gasteiger partial charge in [-0.25, -0.2) is 0 Å². The quantitative estimate of drug-likeness (QED) is 0.861. The summed E-state index contributed by atoms with van der Waals surface area (Å²) in [7, 11) is 0. The lowest BCUT2D eigenvalue weighted by molar-refractivity contribution is 0.0655. The number of amides is 1. The van der Waals surface area contributed by atoms with E-state index >= 15 is 0 Å². The monoisotopic (exact) mass is 288 g/mol.